The number of hydrogen-bond acceptors (Lipinski definition) is 2. The van der Waals surface area contributed by atoms with Gasteiger partial charge in [-0.05, 0) is 18.8 Å². The molecule has 0 heterocycles. The number of ether oxygens (including phenoxy) is 1. The molecule has 2 heteroatoms. The van der Waals surface area contributed by atoms with Crippen LogP contribution in [0.1, 0.15) is 32.6 Å². The topological polar surface area (TPSA) is 26.3 Å². The van der Waals surface area contributed by atoms with Gasteiger partial charge in [0.1, 0.15) is 6.61 Å². The number of hydrogen-bond donors (Lipinski definition) is 0. The van der Waals surface area contributed by atoms with E-state index < -0.39 is 0 Å². The Balaban J connectivity index is 2.29. The first-order valence-corrected chi connectivity index (χ1v) is 4.75. The molecule has 0 aromatic carbocycles. The van der Waals surface area contributed by atoms with E-state index in [4.69, 9.17) is 4.74 Å². The zero-order valence-electron chi connectivity index (χ0n) is 8.01. The van der Waals surface area contributed by atoms with Crippen molar-refractivity contribution in [2.75, 3.05) is 13.7 Å². The molecule has 0 amide bonds. The predicted molar refractivity (Wildman–Crippen MR) is 48.0 cm³/mol. The minimum atomic E-state index is 0.293. The van der Waals surface area contributed by atoms with Crippen LogP contribution in [0.5, 0.6) is 0 Å². The van der Waals surface area contributed by atoms with E-state index in [0.717, 1.165) is 18.8 Å². The van der Waals surface area contributed by atoms with E-state index in [1.165, 1.54) is 12.8 Å². The maximum atomic E-state index is 11.4. The molecule has 0 atom stereocenters. The summed E-state index contributed by atoms with van der Waals surface area (Å²) in [6.45, 7) is 2.57. The lowest BCUT2D eigenvalue weighted by molar-refractivity contribution is -0.127. The van der Waals surface area contributed by atoms with Crippen molar-refractivity contribution in [3.63, 3.8) is 0 Å². The van der Waals surface area contributed by atoms with Crippen LogP contribution in [0, 0.1) is 11.8 Å². The summed E-state index contributed by atoms with van der Waals surface area (Å²) in [7, 11) is 1.59. The van der Waals surface area contributed by atoms with Gasteiger partial charge in [-0.3, -0.25) is 4.79 Å². The van der Waals surface area contributed by atoms with Gasteiger partial charge < -0.3 is 4.74 Å². The van der Waals surface area contributed by atoms with Crippen molar-refractivity contribution in [1.29, 1.82) is 0 Å². The first kappa shape index (κ1) is 9.72. The molecule has 1 saturated carbocycles. The summed E-state index contributed by atoms with van der Waals surface area (Å²) < 4.78 is 4.83. The highest BCUT2D eigenvalue weighted by atomic mass is 16.5. The van der Waals surface area contributed by atoms with Crippen molar-refractivity contribution >= 4 is 5.78 Å². The number of carbonyl (C=O) groups excluding carboxylic acids is 1. The molecule has 1 rings (SSSR count). The third-order valence-electron chi connectivity index (χ3n) is 2.76. The molecule has 0 N–H and O–H groups in total. The zero-order chi connectivity index (χ0) is 8.97. The second-order valence-electron chi connectivity index (χ2n) is 3.86. The molecule has 70 valence electrons. The van der Waals surface area contributed by atoms with E-state index in [1.807, 2.05) is 0 Å². The van der Waals surface area contributed by atoms with E-state index in [9.17, 15) is 4.79 Å². The van der Waals surface area contributed by atoms with Gasteiger partial charge >= 0.3 is 0 Å². The molecule has 0 unspecified atom stereocenters. The Labute approximate surface area is 74.3 Å². The predicted octanol–water partition coefficient (Wildman–Crippen LogP) is 2.03. The molecular formula is C10H18O2. The average molecular weight is 170 g/mol. The zero-order valence-corrected chi connectivity index (χ0v) is 8.01. The van der Waals surface area contributed by atoms with Crippen LogP contribution in [-0.2, 0) is 9.53 Å². The van der Waals surface area contributed by atoms with Crippen molar-refractivity contribution < 1.29 is 9.53 Å². The first-order valence-electron chi connectivity index (χ1n) is 4.75. The van der Waals surface area contributed by atoms with Crippen molar-refractivity contribution in [3.05, 3.63) is 0 Å². The van der Waals surface area contributed by atoms with E-state index in [1.54, 1.807) is 7.11 Å². The minimum Gasteiger partial charge on any atom is -0.377 e. The Morgan fingerprint density at radius 3 is 2.42 bits per heavy atom. The molecule has 1 aliphatic carbocycles. The van der Waals surface area contributed by atoms with E-state index in [0.29, 0.717) is 18.3 Å². The van der Waals surface area contributed by atoms with E-state index in [2.05, 4.69) is 6.92 Å². The Morgan fingerprint density at radius 2 is 1.92 bits per heavy atom. The fourth-order valence-electron chi connectivity index (χ4n) is 1.84. The summed E-state index contributed by atoms with van der Waals surface area (Å²) in [4.78, 5) is 11.4. The maximum absolute atomic E-state index is 11.4. The lowest BCUT2D eigenvalue weighted by Gasteiger charge is -2.24. The molecule has 0 aromatic heterocycles. The summed E-state index contributed by atoms with van der Waals surface area (Å²) in [5.41, 5.74) is 0. The van der Waals surface area contributed by atoms with Gasteiger partial charge in [0.25, 0.3) is 0 Å². The molecule has 0 aromatic rings. The highest BCUT2D eigenvalue weighted by Gasteiger charge is 2.23. The lowest BCUT2D eigenvalue weighted by Crippen LogP contribution is -2.23. The van der Waals surface area contributed by atoms with Gasteiger partial charge in [0.05, 0.1) is 0 Å². The van der Waals surface area contributed by atoms with E-state index in [-0.39, 0.29) is 0 Å². The van der Waals surface area contributed by atoms with Gasteiger partial charge in [-0.15, -0.1) is 0 Å². The van der Waals surface area contributed by atoms with Gasteiger partial charge in [-0.25, -0.2) is 0 Å². The molecule has 0 bridgehead atoms. The summed E-state index contributed by atoms with van der Waals surface area (Å²) in [6, 6.07) is 0. The molecule has 0 spiro atoms. The van der Waals surface area contributed by atoms with Crippen molar-refractivity contribution in [2.45, 2.75) is 32.6 Å². The molecular weight excluding hydrogens is 152 g/mol. The van der Waals surface area contributed by atoms with Crippen LogP contribution in [0.4, 0.5) is 0 Å². The van der Waals surface area contributed by atoms with Crippen LogP contribution in [0.15, 0.2) is 0 Å². The second kappa shape index (κ2) is 4.61. The highest BCUT2D eigenvalue weighted by Crippen LogP contribution is 2.28. The van der Waals surface area contributed by atoms with Gasteiger partial charge in [0.2, 0.25) is 0 Å². The van der Waals surface area contributed by atoms with Gasteiger partial charge in [0, 0.05) is 13.0 Å². The molecule has 1 fully saturated rings. The van der Waals surface area contributed by atoms with Crippen molar-refractivity contribution in [1.82, 2.24) is 0 Å². The fraction of sp³-hybridized carbons (Fsp3) is 0.900. The maximum Gasteiger partial charge on any atom is 0.161 e. The summed E-state index contributed by atoms with van der Waals surface area (Å²) >= 11 is 0. The molecule has 2 nitrogen and oxygen atoms in total. The van der Waals surface area contributed by atoms with Crippen molar-refractivity contribution in [2.24, 2.45) is 11.8 Å². The van der Waals surface area contributed by atoms with E-state index >= 15 is 0 Å². The van der Waals surface area contributed by atoms with Gasteiger partial charge in [-0.2, -0.15) is 0 Å². The Hall–Kier alpha value is -0.370. The third-order valence-corrected chi connectivity index (χ3v) is 2.76. The smallest absolute Gasteiger partial charge is 0.161 e. The quantitative estimate of drug-likeness (QED) is 0.647. The van der Waals surface area contributed by atoms with Crippen LogP contribution in [0.2, 0.25) is 0 Å². The standard InChI is InChI=1S/C10H18O2/c1-8-3-5-9(6-4-8)10(11)7-12-2/h8-9H,3-7H2,1-2H3. The Kier molecular flexibility index (Phi) is 3.73. The first-order chi connectivity index (χ1) is 5.74. The van der Waals surface area contributed by atoms with Crippen LogP contribution >= 0.6 is 0 Å². The Bertz CT molecular complexity index is 146. The molecule has 12 heavy (non-hydrogen) atoms. The molecule has 0 radical (unpaired) electrons. The SMILES string of the molecule is COCC(=O)C1CCC(C)CC1. The van der Waals surface area contributed by atoms with Crippen LogP contribution in [0.3, 0.4) is 0 Å². The monoisotopic (exact) mass is 170 g/mol. The fourth-order valence-corrected chi connectivity index (χ4v) is 1.84. The number of carbonyl (C=O) groups is 1. The number of rotatable bonds is 3. The average Bonchev–Trinajstić information content (AvgIpc) is 2.06. The van der Waals surface area contributed by atoms with Crippen LogP contribution in [-0.4, -0.2) is 19.5 Å². The molecule has 1 aliphatic rings. The van der Waals surface area contributed by atoms with Crippen LogP contribution in [0.25, 0.3) is 0 Å². The summed E-state index contributed by atoms with van der Waals surface area (Å²) in [5.74, 6) is 1.40. The van der Waals surface area contributed by atoms with Crippen molar-refractivity contribution in [3.8, 4) is 0 Å². The second-order valence-corrected chi connectivity index (χ2v) is 3.86. The lowest BCUT2D eigenvalue weighted by atomic mass is 9.81. The number of ketones is 1. The van der Waals surface area contributed by atoms with Crippen LogP contribution < -0.4 is 0 Å². The summed E-state index contributed by atoms with van der Waals surface area (Å²) in [5, 5.41) is 0. The highest BCUT2D eigenvalue weighted by molar-refractivity contribution is 5.82. The van der Waals surface area contributed by atoms with Gasteiger partial charge in [-0.1, -0.05) is 19.8 Å². The normalized spacial score (nSPS) is 30.2. The largest absolute Gasteiger partial charge is 0.377 e. The molecule has 0 aliphatic heterocycles. The number of methoxy groups -OCH3 is 1. The number of Topliss-reactive ketones (excluding diaryl/α,β-unsaturated/α-hetero) is 1. The Morgan fingerprint density at radius 1 is 1.33 bits per heavy atom. The summed E-state index contributed by atoms with van der Waals surface area (Å²) in [6.07, 6.45) is 4.56. The molecule has 0 saturated heterocycles. The minimum absolute atomic E-state index is 0.293. The van der Waals surface area contributed by atoms with Gasteiger partial charge in [0.15, 0.2) is 5.78 Å². The third kappa shape index (κ3) is 2.59.